The SMILES string of the molecule is O=C(O)c1ccc(CBr)cc1.[H-].[Na+]. The molecule has 0 saturated carbocycles. The molecule has 4 heteroatoms. The summed E-state index contributed by atoms with van der Waals surface area (Å²) in [6.45, 7) is 0. The van der Waals surface area contributed by atoms with Crippen molar-refractivity contribution in [2.24, 2.45) is 0 Å². The van der Waals surface area contributed by atoms with Crippen molar-refractivity contribution in [2.45, 2.75) is 5.33 Å². The van der Waals surface area contributed by atoms with Crippen LogP contribution in [0.4, 0.5) is 0 Å². The van der Waals surface area contributed by atoms with Gasteiger partial charge < -0.3 is 6.53 Å². The van der Waals surface area contributed by atoms with Gasteiger partial charge in [-0.2, -0.15) is 0 Å². The number of carboxylic acids is 1. The van der Waals surface area contributed by atoms with Gasteiger partial charge in [-0.15, -0.1) is 0 Å². The molecular weight excluding hydrogens is 231 g/mol. The number of halogens is 1. The number of aromatic carboxylic acids is 1. The van der Waals surface area contributed by atoms with E-state index in [0.29, 0.717) is 5.56 Å². The molecule has 0 bridgehead atoms. The molecule has 0 amide bonds. The van der Waals surface area contributed by atoms with E-state index in [-0.39, 0.29) is 31.0 Å². The van der Waals surface area contributed by atoms with E-state index in [0.717, 1.165) is 10.9 Å². The van der Waals surface area contributed by atoms with Gasteiger partial charge in [0.05, 0.1) is 5.56 Å². The predicted octanol–water partition coefficient (Wildman–Crippen LogP) is -0.604. The Morgan fingerprint density at radius 1 is 1.42 bits per heavy atom. The van der Waals surface area contributed by atoms with Crippen molar-refractivity contribution in [3.63, 3.8) is 0 Å². The smallest absolute Gasteiger partial charge is 1.00 e. The fourth-order valence-electron chi connectivity index (χ4n) is 0.736. The van der Waals surface area contributed by atoms with Gasteiger partial charge in [-0.25, -0.2) is 4.79 Å². The molecule has 2 nitrogen and oxygen atoms in total. The molecule has 0 radical (unpaired) electrons. The number of carboxylic acid groups (broad SMARTS) is 1. The van der Waals surface area contributed by atoms with Crippen molar-refractivity contribution >= 4 is 21.9 Å². The van der Waals surface area contributed by atoms with Crippen molar-refractivity contribution in [1.29, 1.82) is 0 Å². The van der Waals surface area contributed by atoms with Crippen molar-refractivity contribution in [2.75, 3.05) is 0 Å². The molecule has 0 fully saturated rings. The third-order valence-corrected chi connectivity index (χ3v) is 2.00. The van der Waals surface area contributed by atoms with Crippen molar-refractivity contribution in [1.82, 2.24) is 0 Å². The number of benzene rings is 1. The molecule has 0 aliphatic carbocycles. The van der Waals surface area contributed by atoms with Crippen LogP contribution in [0.5, 0.6) is 0 Å². The second kappa shape index (κ2) is 5.75. The maximum atomic E-state index is 10.4. The minimum Gasteiger partial charge on any atom is -1.00 e. The summed E-state index contributed by atoms with van der Waals surface area (Å²) in [5.74, 6) is -0.883. The van der Waals surface area contributed by atoms with Crippen molar-refractivity contribution < 1.29 is 40.9 Å². The molecular formula is C8H8BrNaO2. The quantitative estimate of drug-likeness (QED) is 0.552. The summed E-state index contributed by atoms with van der Waals surface area (Å²) >= 11 is 3.27. The van der Waals surface area contributed by atoms with Gasteiger partial charge >= 0.3 is 35.5 Å². The van der Waals surface area contributed by atoms with E-state index in [9.17, 15) is 4.79 Å². The maximum Gasteiger partial charge on any atom is 1.00 e. The molecule has 0 heterocycles. The number of alkyl halides is 1. The van der Waals surface area contributed by atoms with E-state index >= 15 is 0 Å². The largest absolute Gasteiger partial charge is 1.00 e. The van der Waals surface area contributed by atoms with E-state index in [4.69, 9.17) is 5.11 Å². The summed E-state index contributed by atoms with van der Waals surface area (Å²) in [6, 6.07) is 6.77. The first-order valence-corrected chi connectivity index (χ1v) is 4.24. The molecule has 0 aliphatic rings. The zero-order chi connectivity index (χ0) is 8.27. The zero-order valence-electron chi connectivity index (χ0n) is 7.75. The standard InChI is InChI=1S/C8H7BrO2.Na.H/c9-5-6-1-3-7(4-2-6)8(10)11;;/h1-4H,5H2,(H,10,11);;/q;+1;-1. The summed E-state index contributed by atoms with van der Waals surface area (Å²) in [5, 5.41) is 9.29. The van der Waals surface area contributed by atoms with Crippen LogP contribution >= 0.6 is 15.9 Å². The molecule has 1 rings (SSSR count). The van der Waals surface area contributed by atoms with Crippen LogP contribution in [0.2, 0.25) is 0 Å². The van der Waals surface area contributed by atoms with Gasteiger partial charge in [-0.3, -0.25) is 0 Å². The zero-order valence-corrected chi connectivity index (χ0v) is 10.3. The van der Waals surface area contributed by atoms with Crippen LogP contribution < -0.4 is 29.6 Å². The Morgan fingerprint density at radius 2 is 1.92 bits per heavy atom. The minimum absolute atomic E-state index is 0. The molecule has 1 aromatic rings. The van der Waals surface area contributed by atoms with Crippen molar-refractivity contribution in [3.05, 3.63) is 35.4 Å². The normalized spacial score (nSPS) is 8.75. The summed E-state index contributed by atoms with van der Waals surface area (Å²) in [5.41, 5.74) is 1.41. The summed E-state index contributed by atoms with van der Waals surface area (Å²) in [7, 11) is 0. The molecule has 0 aromatic heterocycles. The number of rotatable bonds is 2. The average Bonchev–Trinajstić information content (AvgIpc) is 2.05. The van der Waals surface area contributed by atoms with Crippen LogP contribution in [-0.2, 0) is 5.33 Å². The topological polar surface area (TPSA) is 37.3 Å². The number of hydrogen-bond donors (Lipinski definition) is 1. The van der Waals surface area contributed by atoms with Gasteiger partial charge in [-0.1, -0.05) is 28.1 Å². The monoisotopic (exact) mass is 238 g/mol. The van der Waals surface area contributed by atoms with Gasteiger partial charge in [0.25, 0.3) is 0 Å². The maximum absolute atomic E-state index is 10.4. The summed E-state index contributed by atoms with van der Waals surface area (Å²) < 4.78 is 0. The molecule has 0 spiro atoms. The Balaban J connectivity index is 0. The van der Waals surface area contributed by atoms with Crippen LogP contribution in [-0.4, -0.2) is 11.1 Å². The Morgan fingerprint density at radius 3 is 2.25 bits per heavy atom. The van der Waals surface area contributed by atoms with Gasteiger partial charge in [0.1, 0.15) is 0 Å². The summed E-state index contributed by atoms with van der Waals surface area (Å²) in [4.78, 5) is 10.4. The second-order valence-corrected chi connectivity index (χ2v) is 2.70. The van der Waals surface area contributed by atoms with E-state index in [1.165, 1.54) is 0 Å². The first kappa shape index (κ1) is 12.2. The van der Waals surface area contributed by atoms with Gasteiger partial charge in [0.15, 0.2) is 0 Å². The molecule has 60 valence electrons. The van der Waals surface area contributed by atoms with Crippen LogP contribution in [0, 0.1) is 0 Å². The minimum atomic E-state index is -0.883. The van der Waals surface area contributed by atoms with E-state index < -0.39 is 5.97 Å². The predicted molar refractivity (Wildman–Crippen MR) is 47.1 cm³/mol. The average molecular weight is 239 g/mol. The molecule has 0 unspecified atom stereocenters. The molecule has 1 N–H and O–H groups in total. The van der Waals surface area contributed by atoms with Crippen LogP contribution in [0.25, 0.3) is 0 Å². The third-order valence-electron chi connectivity index (χ3n) is 1.36. The Bertz CT molecular complexity index is 263. The third kappa shape index (κ3) is 3.27. The van der Waals surface area contributed by atoms with Crippen LogP contribution in [0.1, 0.15) is 17.3 Å². The fourth-order valence-corrected chi connectivity index (χ4v) is 1.11. The summed E-state index contributed by atoms with van der Waals surface area (Å²) in [6.07, 6.45) is 0. The van der Waals surface area contributed by atoms with Crippen LogP contribution in [0.15, 0.2) is 24.3 Å². The van der Waals surface area contributed by atoms with Gasteiger partial charge in [0, 0.05) is 5.33 Å². The van der Waals surface area contributed by atoms with Gasteiger partial charge in [0.2, 0.25) is 0 Å². The Labute approximate surface area is 103 Å². The first-order chi connectivity index (χ1) is 5.24. The first-order valence-electron chi connectivity index (χ1n) is 3.12. The van der Waals surface area contributed by atoms with E-state index in [2.05, 4.69) is 15.9 Å². The van der Waals surface area contributed by atoms with Crippen molar-refractivity contribution in [3.8, 4) is 0 Å². The number of carbonyl (C=O) groups is 1. The Hall–Kier alpha value is 0.170. The molecule has 0 aliphatic heterocycles. The number of hydrogen-bond acceptors (Lipinski definition) is 1. The van der Waals surface area contributed by atoms with E-state index in [1.54, 1.807) is 24.3 Å². The molecule has 0 atom stereocenters. The van der Waals surface area contributed by atoms with E-state index in [1.807, 2.05) is 0 Å². The Kier molecular flexibility index (Phi) is 5.84. The van der Waals surface area contributed by atoms with Crippen LogP contribution in [0.3, 0.4) is 0 Å². The molecule has 12 heavy (non-hydrogen) atoms. The second-order valence-electron chi connectivity index (χ2n) is 2.14. The van der Waals surface area contributed by atoms with Gasteiger partial charge in [-0.05, 0) is 17.7 Å². The molecule has 0 saturated heterocycles. The molecule has 1 aromatic carbocycles. The fraction of sp³-hybridized carbons (Fsp3) is 0.125.